The maximum atomic E-state index is 12.1. The fourth-order valence-electron chi connectivity index (χ4n) is 1.54. The Hall–Kier alpha value is -2.31. The van der Waals surface area contributed by atoms with E-state index in [9.17, 15) is 4.79 Å². The number of hydrogen-bond acceptors (Lipinski definition) is 4. The number of thiophene rings is 1. The van der Waals surface area contributed by atoms with Crippen LogP contribution in [0, 0.1) is 23.2 Å². The maximum Gasteiger partial charge on any atom is 0.256 e. The van der Waals surface area contributed by atoms with Crippen molar-refractivity contribution in [1.29, 1.82) is 5.26 Å². The molecule has 0 saturated heterocycles. The molecule has 0 aliphatic carbocycles. The molecule has 0 aliphatic heterocycles. The van der Waals surface area contributed by atoms with E-state index in [1.54, 1.807) is 23.6 Å². The van der Waals surface area contributed by atoms with Crippen molar-refractivity contribution >= 4 is 34.5 Å². The first kappa shape index (κ1) is 15.1. The normalized spacial score (nSPS) is 9.38. The van der Waals surface area contributed by atoms with Crippen LogP contribution in [0.5, 0.6) is 0 Å². The van der Waals surface area contributed by atoms with E-state index in [4.69, 9.17) is 22.6 Å². The first-order valence-electron chi connectivity index (χ1n) is 5.92. The Kier molecular flexibility index (Phi) is 4.97. The van der Waals surface area contributed by atoms with Crippen LogP contribution in [0.15, 0.2) is 29.6 Å². The van der Waals surface area contributed by atoms with Crippen LogP contribution >= 0.6 is 22.9 Å². The fourth-order valence-corrected chi connectivity index (χ4v) is 2.46. The van der Waals surface area contributed by atoms with Crippen molar-refractivity contribution in [3.8, 4) is 17.9 Å². The molecule has 1 aromatic carbocycles. The molecule has 0 fully saturated rings. The second-order valence-corrected chi connectivity index (χ2v) is 5.28. The minimum atomic E-state index is -0.302. The molecule has 0 aliphatic rings. The lowest BCUT2D eigenvalue weighted by Gasteiger charge is -2.06. The highest BCUT2D eigenvalue weighted by atomic mass is 35.5. The molecule has 0 radical (unpaired) electrons. The largest absolute Gasteiger partial charge is 0.321 e. The number of nitrogens with two attached hydrogens (primary N) is 1. The van der Waals surface area contributed by atoms with Gasteiger partial charge in [0.05, 0.1) is 39.3 Å². The number of nitriles is 1. The molecule has 1 amide bonds. The maximum absolute atomic E-state index is 12.1. The molecule has 4 nitrogen and oxygen atoms in total. The summed E-state index contributed by atoms with van der Waals surface area (Å²) in [6.45, 7) is 0.274. The van der Waals surface area contributed by atoms with Crippen molar-refractivity contribution in [1.82, 2.24) is 0 Å². The topological polar surface area (TPSA) is 78.9 Å². The van der Waals surface area contributed by atoms with E-state index >= 15 is 0 Å². The minimum Gasteiger partial charge on any atom is -0.321 e. The Morgan fingerprint density at radius 1 is 1.43 bits per heavy atom. The lowest BCUT2D eigenvalue weighted by molar-refractivity contribution is 0.102. The molecular formula is C15H10ClN3OS. The van der Waals surface area contributed by atoms with E-state index in [2.05, 4.69) is 17.2 Å². The number of rotatable bonds is 2. The standard InChI is InChI=1S/C15H10ClN3OS/c16-13-4-3-10(8-18)6-14(13)19-15(20)11-7-12(21-9-11)2-1-5-17/h3-4,6-7,9H,5,17H2,(H,19,20). The summed E-state index contributed by atoms with van der Waals surface area (Å²) >= 11 is 7.37. The molecule has 104 valence electrons. The highest BCUT2D eigenvalue weighted by Gasteiger charge is 2.11. The number of nitrogens with zero attached hydrogens (tertiary/aromatic N) is 1. The van der Waals surface area contributed by atoms with Crippen LogP contribution in [0.2, 0.25) is 5.02 Å². The minimum absolute atomic E-state index is 0.274. The van der Waals surface area contributed by atoms with E-state index in [-0.39, 0.29) is 12.5 Å². The molecule has 0 atom stereocenters. The first-order chi connectivity index (χ1) is 10.1. The summed E-state index contributed by atoms with van der Waals surface area (Å²) < 4.78 is 0. The zero-order valence-electron chi connectivity index (χ0n) is 10.8. The van der Waals surface area contributed by atoms with Gasteiger partial charge in [0.15, 0.2) is 0 Å². The SMILES string of the molecule is N#Cc1ccc(Cl)c(NC(=O)c2csc(C#CCN)c2)c1. The quantitative estimate of drug-likeness (QED) is 0.836. The number of hydrogen-bond donors (Lipinski definition) is 2. The van der Waals surface area contributed by atoms with Gasteiger partial charge in [0.25, 0.3) is 5.91 Å². The summed E-state index contributed by atoms with van der Waals surface area (Å²) in [5.74, 6) is 5.30. The lowest BCUT2D eigenvalue weighted by atomic mass is 10.2. The number of anilines is 1. The van der Waals surface area contributed by atoms with Gasteiger partial charge in [0.1, 0.15) is 0 Å². The molecule has 1 heterocycles. The molecule has 2 rings (SSSR count). The fraction of sp³-hybridized carbons (Fsp3) is 0.0667. The van der Waals surface area contributed by atoms with Gasteiger partial charge in [-0.25, -0.2) is 0 Å². The van der Waals surface area contributed by atoms with Crippen LogP contribution in [0.3, 0.4) is 0 Å². The van der Waals surface area contributed by atoms with E-state index in [1.807, 2.05) is 6.07 Å². The molecular weight excluding hydrogens is 306 g/mol. The predicted molar refractivity (Wildman–Crippen MR) is 84.4 cm³/mol. The van der Waals surface area contributed by atoms with E-state index in [1.165, 1.54) is 17.4 Å². The van der Waals surface area contributed by atoms with Gasteiger partial charge in [-0.1, -0.05) is 23.4 Å². The number of carbonyl (C=O) groups is 1. The Morgan fingerprint density at radius 2 is 2.24 bits per heavy atom. The van der Waals surface area contributed by atoms with Crippen molar-refractivity contribution < 1.29 is 4.79 Å². The highest BCUT2D eigenvalue weighted by Crippen LogP contribution is 2.24. The average Bonchev–Trinajstić information content (AvgIpc) is 2.96. The van der Waals surface area contributed by atoms with Gasteiger partial charge in [-0.2, -0.15) is 5.26 Å². The number of halogens is 1. The van der Waals surface area contributed by atoms with Crippen molar-refractivity contribution in [3.05, 3.63) is 50.7 Å². The Morgan fingerprint density at radius 3 is 2.95 bits per heavy atom. The summed E-state index contributed by atoms with van der Waals surface area (Å²) in [7, 11) is 0. The van der Waals surface area contributed by atoms with Gasteiger partial charge in [-0.3, -0.25) is 4.79 Å². The molecule has 0 spiro atoms. The Bertz CT molecular complexity index is 780. The van der Waals surface area contributed by atoms with E-state index in [0.717, 1.165) is 4.88 Å². The van der Waals surface area contributed by atoms with Gasteiger partial charge in [-0.15, -0.1) is 11.3 Å². The summed E-state index contributed by atoms with van der Waals surface area (Å²) in [6, 6.07) is 8.37. The van der Waals surface area contributed by atoms with E-state index in [0.29, 0.717) is 21.8 Å². The van der Waals surface area contributed by atoms with Crippen molar-refractivity contribution in [2.45, 2.75) is 0 Å². The zero-order chi connectivity index (χ0) is 15.2. The Balaban J connectivity index is 2.18. The van der Waals surface area contributed by atoms with Crippen molar-refractivity contribution in [2.75, 3.05) is 11.9 Å². The number of benzene rings is 1. The summed E-state index contributed by atoms with van der Waals surface area (Å²) in [4.78, 5) is 12.9. The first-order valence-corrected chi connectivity index (χ1v) is 7.18. The van der Waals surface area contributed by atoms with Crippen LogP contribution in [-0.2, 0) is 0 Å². The van der Waals surface area contributed by atoms with Crippen LogP contribution in [0.4, 0.5) is 5.69 Å². The van der Waals surface area contributed by atoms with Crippen LogP contribution < -0.4 is 11.1 Å². The lowest BCUT2D eigenvalue weighted by Crippen LogP contribution is -2.11. The van der Waals surface area contributed by atoms with Gasteiger partial charge in [-0.05, 0) is 24.3 Å². The van der Waals surface area contributed by atoms with Crippen LogP contribution in [0.1, 0.15) is 20.8 Å². The monoisotopic (exact) mass is 315 g/mol. The molecule has 0 bridgehead atoms. The molecule has 0 unspecified atom stereocenters. The van der Waals surface area contributed by atoms with Crippen LogP contribution in [-0.4, -0.2) is 12.5 Å². The smallest absolute Gasteiger partial charge is 0.256 e. The average molecular weight is 316 g/mol. The van der Waals surface area contributed by atoms with Crippen molar-refractivity contribution in [2.24, 2.45) is 5.73 Å². The van der Waals surface area contributed by atoms with Gasteiger partial charge in [0.2, 0.25) is 0 Å². The molecule has 0 saturated carbocycles. The highest BCUT2D eigenvalue weighted by molar-refractivity contribution is 7.10. The molecule has 3 N–H and O–H groups in total. The third-order valence-corrected chi connectivity index (χ3v) is 3.69. The van der Waals surface area contributed by atoms with Crippen LogP contribution in [0.25, 0.3) is 0 Å². The molecule has 21 heavy (non-hydrogen) atoms. The third kappa shape index (κ3) is 3.84. The van der Waals surface area contributed by atoms with Gasteiger partial charge in [0, 0.05) is 5.38 Å². The second kappa shape index (κ2) is 6.92. The van der Waals surface area contributed by atoms with Gasteiger partial charge >= 0.3 is 0 Å². The van der Waals surface area contributed by atoms with Crippen molar-refractivity contribution in [3.63, 3.8) is 0 Å². The number of nitrogens with one attached hydrogen (secondary N) is 1. The zero-order valence-corrected chi connectivity index (χ0v) is 12.4. The second-order valence-electron chi connectivity index (χ2n) is 3.97. The molecule has 1 aromatic heterocycles. The molecule has 2 aromatic rings. The third-order valence-electron chi connectivity index (χ3n) is 2.52. The summed E-state index contributed by atoms with van der Waals surface area (Å²) in [6.07, 6.45) is 0. The van der Waals surface area contributed by atoms with Gasteiger partial charge < -0.3 is 11.1 Å². The number of carbonyl (C=O) groups excluding carboxylic acids is 1. The van der Waals surface area contributed by atoms with E-state index < -0.39 is 0 Å². The summed E-state index contributed by atoms with van der Waals surface area (Å²) in [5.41, 5.74) is 6.62. The predicted octanol–water partition coefficient (Wildman–Crippen LogP) is 2.84. The summed E-state index contributed by atoms with van der Waals surface area (Å²) in [5, 5.41) is 13.6. The molecule has 6 heteroatoms. The Labute approximate surface area is 131 Å². The number of amides is 1.